The number of carbonyl (C=O) groups is 2. The smallest absolute Gasteiger partial charge is 0.319 e. The molecule has 0 radical (unpaired) electrons. The van der Waals surface area contributed by atoms with E-state index in [2.05, 4.69) is 26.1 Å². The largest absolute Gasteiger partial charge is 0.326 e. The van der Waals surface area contributed by atoms with Crippen LogP contribution in [0, 0.1) is 12.8 Å². The van der Waals surface area contributed by atoms with Gasteiger partial charge < -0.3 is 10.6 Å². The molecular formula is C22H24ClN5O2S. The number of nitrogens with zero attached hydrogens (tertiary/aromatic N) is 2. The maximum atomic E-state index is 12.9. The maximum Gasteiger partial charge on any atom is 0.319 e. The third kappa shape index (κ3) is 6.02. The number of anilines is 2. The molecule has 3 N–H and O–H groups in total. The Labute approximate surface area is 190 Å². The molecule has 1 heterocycles. The molecule has 31 heavy (non-hydrogen) atoms. The van der Waals surface area contributed by atoms with Crippen LogP contribution in [0.2, 0.25) is 5.02 Å². The lowest BCUT2D eigenvalue weighted by atomic mass is 9.98. The van der Waals surface area contributed by atoms with Crippen molar-refractivity contribution in [3.05, 3.63) is 59.1 Å². The van der Waals surface area contributed by atoms with Crippen molar-refractivity contribution < 1.29 is 9.59 Å². The Hall–Kier alpha value is -2.97. The van der Waals surface area contributed by atoms with Crippen molar-refractivity contribution in [3.63, 3.8) is 0 Å². The summed E-state index contributed by atoms with van der Waals surface area (Å²) in [6, 6.07) is 13.5. The number of rotatable bonds is 7. The third-order valence-corrected chi connectivity index (χ3v) is 6.06. The fourth-order valence-electron chi connectivity index (χ4n) is 2.88. The first-order chi connectivity index (χ1) is 14.9. The highest BCUT2D eigenvalue weighted by Gasteiger charge is 2.27. The first kappa shape index (κ1) is 22.7. The predicted molar refractivity (Wildman–Crippen MR) is 126 cm³/mol. The van der Waals surface area contributed by atoms with E-state index in [1.807, 2.05) is 57.2 Å². The van der Waals surface area contributed by atoms with Gasteiger partial charge in [0.25, 0.3) is 0 Å². The van der Waals surface area contributed by atoms with Crippen molar-refractivity contribution in [3.8, 4) is 10.6 Å². The van der Waals surface area contributed by atoms with Crippen LogP contribution in [0.1, 0.15) is 25.8 Å². The zero-order valence-electron chi connectivity index (χ0n) is 17.5. The van der Waals surface area contributed by atoms with Crippen LogP contribution in [0.25, 0.3) is 10.6 Å². The average Bonchev–Trinajstić information content (AvgIpc) is 3.22. The van der Waals surface area contributed by atoms with Gasteiger partial charge in [-0.2, -0.15) is 0 Å². The SMILES string of the molecule is CC[C@@H](C)[C@@H](NC(=O)Nc1ccccc1C)C(=O)Nc1nnc(-c2ccc(Cl)cc2)s1. The normalized spacial score (nSPS) is 12.6. The van der Waals surface area contributed by atoms with E-state index in [1.165, 1.54) is 11.3 Å². The standard InChI is InChI=1S/C22H24ClN5O2S/c1-4-13(2)18(25-21(30)24-17-8-6-5-7-14(17)3)19(29)26-22-28-27-20(31-22)15-9-11-16(23)12-10-15/h5-13,18H,4H2,1-3H3,(H2,24,25,30)(H,26,28,29)/t13-,18-/m1/s1. The van der Waals surface area contributed by atoms with Crippen molar-refractivity contribution in [2.24, 2.45) is 5.92 Å². The number of hydrogen-bond donors (Lipinski definition) is 3. The van der Waals surface area contributed by atoms with Crippen LogP contribution in [0.4, 0.5) is 15.6 Å². The van der Waals surface area contributed by atoms with Gasteiger partial charge in [-0.1, -0.05) is 73.5 Å². The van der Waals surface area contributed by atoms with E-state index in [0.29, 0.717) is 20.8 Å². The van der Waals surface area contributed by atoms with Crippen molar-refractivity contribution in [2.45, 2.75) is 33.2 Å². The summed E-state index contributed by atoms with van der Waals surface area (Å²) in [5.74, 6) is -0.417. The van der Waals surface area contributed by atoms with Crippen LogP contribution >= 0.6 is 22.9 Å². The summed E-state index contributed by atoms with van der Waals surface area (Å²) in [6.45, 7) is 5.79. The molecule has 0 saturated carbocycles. The lowest BCUT2D eigenvalue weighted by Crippen LogP contribution is -2.49. The van der Waals surface area contributed by atoms with Gasteiger partial charge in [0.15, 0.2) is 0 Å². The van der Waals surface area contributed by atoms with Crippen LogP contribution < -0.4 is 16.0 Å². The number of carbonyl (C=O) groups excluding carboxylic acids is 2. The van der Waals surface area contributed by atoms with Crippen LogP contribution in [0.5, 0.6) is 0 Å². The highest BCUT2D eigenvalue weighted by Crippen LogP contribution is 2.27. The maximum absolute atomic E-state index is 12.9. The number of nitrogens with one attached hydrogen (secondary N) is 3. The van der Waals surface area contributed by atoms with Crippen molar-refractivity contribution in [1.82, 2.24) is 15.5 Å². The van der Waals surface area contributed by atoms with Gasteiger partial charge in [0.2, 0.25) is 11.0 Å². The lowest BCUT2D eigenvalue weighted by Gasteiger charge is -2.23. The number of hydrogen-bond acceptors (Lipinski definition) is 5. The summed E-state index contributed by atoms with van der Waals surface area (Å²) in [5.41, 5.74) is 2.49. The summed E-state index contributed by atoms with van der Waals surface area (Å²) < 4.78 is 0. The van der Waals surface area contributed by atoms with Crippen molar-refractivity contribution in [2.75, 3.05) is 10.6 Å². The molecule has 2 atom stereocenters. The van der Waals surface area contributed by atoms with E-state index >= 15 is 0 Å². The van der Waals surface area contributed by atoms with Gasteiger partial charge in [0.1, 0.15) is 11.0 Å². The zero-order valence-corrected chi connectivity index (χ0v) is 19.1. The van der Waals surface area contributed by atoms with Gasteiger partial charge >= 0.3 is 6.03 Å². The summed E-state index contributed by atoms with van der Waals surface area (Å²) in [6.07, 6.45) is 0.717. The molecule has 0 spiro atoms. The Balaban J connectivity index is 1.68. The highest BCUT2D eigenvalue weighted by molar-refractivity contribution is 7.18. The summed E-state index contributed by atoms with van der Waals surface area (Å²) in [4.78, 5) is 25.5. The molecule has 0 aliphatic carbocycles. The van der Waals surface area contributed by atoms with Gasteiger partial charge in [0, 0.05) is 16.3 Å². The molecular weight excluding hydrogens is 434 g/mol. The van der Waals surface area contributed by atoms with Crippen molar-refractivity contribution >= 4 is 45.7 Å². The number of para-hydroxylation sites is 1. The van der Waals surface area contributed by atoms with Crippen LogP contribution in [0.3, 0.4) is 0 Å². The first-order valence-electron chi connectivity index (χ1n) is 9.90. The summed E-state index contributed by atoms with van der Waals surface area (Å²) in [5, 5.41) is 18.2. The number of aromatic nitrogens is 2. The van der Waals surface area contributed by atoms with E-state index < -0.39 is 12.1 Å². The van der Waals surface area contributed by atoms with E-state index in [0.717, 1.165) is 17.5 Å². The van der Waals surface area contributed by atoms with Gasteiger partial charge in [-0.25, -0.2) is 4.79 Å². The number of amides is 3. The second kappa shape index (κ2) is 10.4. The second-order valence-electron chi connectivity index (χ2n) is 7.19. The molecule has 0 fully saturated rings. The molecule has 0 aliphatic heterocycles. The molecule has 2 aromatic carbocycles. The highest BCUT2D eigenvalue weighted by atomic mass is 35.5. The number of halogens is 1. The molecule has 0 aliphatic rings. The zero-order chi connectivity index (χ0) is 22.4. The monoisotopic (exact) mass is 457 g/mol. The van der Waals surface area contributed by atoms with E-state index in [4.69, 9.17) is 11.6 Å². The third-order valence-electron chi connectivity index (χ3n) is 4.92. The Kier molecular flexibility index (Phi) is 7.59. The average molecular weight is 458 g/mol. The molecule has 9 heteroatoms. The van der Waals surface area contributed by atoms with Crippen LogP contribution in [-0.2, 0) is 4.79 Å². The molecule has 0 saturated heterocycles. The van der Waals surface area contributed by atoms with Crippen LogP contribution in [-0.4, -0.2) is 28.2 Å². The summed E-state index contributed by atoms with van der Waals surface area (Å²) in [7, 11) is 0. The Bertz CT molecular complexity index is 1050. The van der Waals surface area contributed by atoms with Gasteiger partial charge in [0.05, 0.1) is 0 Å². The number of benzene rings is 2. The fourth-order valence-corrected chi connectivity index (χ4v) is 3.76. The van der Waals surface area contributed by atoms with E-state index in [1.54, 1.807) is 12.1 Å². The fraction of sp³-hybridized carbons (Fsp3) is 0.273. The lowest BCUT2D eigenvalue weighted by molar-refractivity contribution is -0.119. The minimum atomic E-state index is -0.725. The summed E-state index contributed by atoms with van der Waals surface area (Å²) >= 11 is 7.18. The molecule has 7 nitrogen and oxygen atoms in total. The molecule has 162 valence electrons. The molecule has 1 aromatic heterocycles. The second-order valence-corrected chi connectivity index (χ2v) is 8.60. The predicted octanol–water partition coefficient (Wildman–Crippen LogP) is 5.34. The Morgan fingerprint density at radius 2 is 1.77 bits per heavy atom. The Morgan fingerprint density at radius 3 is 2.45 bits per heavy atom. The molecule has 3 aromatic rings. The van der Waals surface area contributed by atoms with Crippen molar-refractivity contribution in [1.29, 1.82) is 0 Å². The molecule has 3 rings (SSSR count). The first-order valence-corrected chi connectivity index (χ1v) is 11.1. The van der Waals surface area contributed by atoms with Gasteiger partial charge in [-0.05, 0) is 36.6 Å². The quantitative estimate of drug-likeness (QED) is 0.446. The Morgan fingerprint density at radius 1 is 1.06 bits per heavy atom. The van der Waals surface area contributed by atoms with E-state index in [9.17, 15) is 9.59 Å². The minimum absolute atomic E-state index is 0.0775. The molecule has 3 amide bonds. The minimum Gasteiger partial charge on any atom is -0.326 e. The molecule has 0 bridgehead atoms. The number of urea groups is 1. The van der Waals surface area contributed by atoms with E-state index in [-0.39, 0.29) is 11.8 Å². The van der Waals surface area contributed by atoms with Gasteiger partial charge in [-0.15, -0.1) is 10.2 Å². The topological polar surface area (TPSA) is 96.0 Å². The molecule has 0 unspecified atom stereocenters. The van der Waals surface area contributed by atoms with Gasteiger partial charge in [-0.3, -0.25) is 10.1 Å². The number of aryl methyl sites for hydroxylation is 1. The van der Waals surface area contributed by atoms with Crippen LogP contribution in [0.15, 0.2) is 48.5 Å².